The van der Waals surface area contributed by atoms with E-state index in [1.807, 2.05) is 26.0 Å². The number of hydrogen-bond acceptors (Lipinski definition) is 3. The van der Waals surface area contributed by atoms with Gasteiger partial charge in [-0.15, -0.1) is 0 Å². The van der Waals surface area contributed by atoms with Crippen molar-refractivity contribution in [2.45, 2.75) is 31.6 Å². The Labute approximate surface area is 148 Å². The molecule has 5 heteroatoms. The molecule has 0 bridgehead atoms. The van der Waals surface area contributed by atoms with Gasteiger partial charge in [0.1, 0.15) is 6.29 Å². The van der Waals surface area contributed by atoms with Crippen LogP contribution in [0.5, 0.6) is 0 Å². The minimum Gasteiger partial charge on any atom is -0.303 e. The van der Waals surface area contributed by atoms with E-state index < -0.39 is 10.0 Å². The molecule has 0 saturated carbocycles. The van der Waals surface area contributed by atoms with Crippen LogP contribution < -0.4 is 4.72 Å². The number of benzene rings is 2. The molecular weight excluding hydrogens is 334 g/mol. The smallest absolute Gasteiger partial charge is 0.261 e. The SMILES string of the molecule is CC1=C(c2ccccc2NS(=O)(=O)c2ccc(C)cc2)C(C=O)CC1. The fourth-order valence-corrected chi connectivity index (χ4v) is 4.34. The molecule has 130 valence electrons. The summed E-state index contributed by atoms with van der Waals surface area (Å²) >= 11 is 0. The van der Waals surface area contributed by atoms with Crippen LogP contribution in [0.1, 0.15) is 30.9 Å². The van der Waals surface area contributed by atoms with E-state index in [1.54, 1.807) is 36.4 Å². The summed E-state index contributed by atoms with van der Waals surface area (Å²) in [5.74, 6) is -0.176. The zero-order valence-corrected chi connectivity index (χ0v) is 15.1. The highest BCUT2D eigenvalue weighted by atomic mass is 32.2. The number of para-hydroxylation sites is 1. The van der Waals surface area contributed by atoms with E-state index in [2.05, 4.69) is 4.72 Å². The van der Waals surface area contributed by atoms with E-state index in [1.165, 1.54) is 0 Å². The first-order valence-electron chi connectivity index (χ1n) is 8.26. The lowest BCUT2D eigenvalue weighted by atomic mass is 9.94. The Bertz CT molecular complexity index is 928. The van der Waals surface area contributed by atoms with Crippen molar-refractivity contribution in [3.63, 3.8) is 0 Å². The number of hydrogen-bond donors (Lipinski definition) is 1. The van der Waals surface area contributed by atoms with E-state index in [-0.39, 0.29) is 10.8 Å². The normalized spacial score (nSPS) is 17.6. The fourth-order valence-electron chi connectivity index (χ4n) is 3.26. The summed E-state index contributed by atoms with van der Waals surface area (Å²) in [4.78, 5) is 11.6. The molecule has 1 aliphatic rings. The summed E-state index contributed by atoms with van der Waals surface area (Å²) in [6.07, 6.45) is 2.60. The van der Waals surface area contributed by atoms with Crippen LogP contribution in [0, 0.1) is 12.8 Å². The van der Waals surface area contributed by atoms with Crippen LogP contribution in [0.3, 0.4) is 0 Å². The number of nitrogens with one attached hydrogen (secondary N) is 1. The standard InChI is InChI=1S/C20H21NO3S/c1-14-7-11-17(12-8-14)25(23,24)21-19-6-4-3-5-18(19)20-15(2)9-10-16(20)13-22/h3-8,11-13,16,21H,9-10H2,1-2H3. The van der Waals surface area contributed by atoms with E-state index in [0.29, 0.717) is 5.69 Å². The van der Waals surface area contributed by atoms with Gasteiger partial charge in [0.2, 0.25) is 0 Å². The molecule has 2 aromatic rings. The summed E-state index contributed by atoms with van der Waals surface area (Å²) in [5, 5.41) is 0. The van der Waals surface area contributed by atoms with Crippen LogP contribution in [-0.2, 0) is 14.8 Å². The van der Waals surface area contributed by atoms with Crippen molar-refractivity contribution >= 4 is 27.6 Å². The third kappa shape index (κ3) is 3.51. The maximum Gasteiger partial charge on any atom is 0.261 e. The zero-order chi connectivity index (χ0) is 18.0. The predicted molar refractivity (Wildman–Crippen MR) is 99.8 cm³/mol. The Morgan fingerprint density at radius 3 is 2.40 bits per heavy atom. The van der Waals surface area contributed by atoms with Gasteiger partial charge in [0.15, 0.2) is 0 Å². The van der Waals surface area contributed by atoms with Gasteiger partial charge in [-0.2, -0.15) is 0 Å². The average molecular weight is 355 g/mol. The third-order valence-corrected chi connectivity index (χ3v) is 6.00. The minimum absolute atomic E-state index is 0.176. The molecule has 1 N–H and O–H groups in total. The number of anilines is 1. The second-order valence-electron chi connectivity index (χ2n) is 6.44. The van der Waals surface area contributed by atoms with E-state index in [9.17, 15) is 13.2 Å². The van der Waals surface area contributed by atoms with Crippen LogP contribution in [0.2, 0.25) is 0 Å². The lowest BCUT2D eigenvalue weighted by Crippen LogP contribution is -2.15. The van der Waals surface area contributed by atoms with Gasteiger partial charge in [-0.05, 0) is 50.5 Å². The number of carbonyl (C=O) groups excluding carboxylic acids is 1. The largest absolute Gasteiger partial charge is 0.303 e. The fraction of sp³-hybridized carbons (Fsp3) is 0.250. The molecule has 3 rings (SSSR count). The van der Waals surface area contributed by atoms with E-state index in [0.717, 1.165) is 41.4 Å². The Morgan fingerprint density at radius 2 is 1.72 bits per heavy atom. The summed E-state index contributed by atoms with van der Waals surface area (Å²) in [7, 11) is -3.68. The lowest BCUT2D eigenvalue weighted by Gasteiger charge is -2.16. The van der Waals surface area contributed by atoms with Gasteiger partial charge < -0.3 is 4.79 Å². The summed E-state index contributed by atoms with van der Waals surface area (Å²) in [6, 6.07) is 14.0. The number of allylic oxidation sites excluding steroid dienone is 2. The quantitative estimate of drug-likeness (QED) is 0.819. The molecule has 0 aromatic heterocycles. The second-order valence-corrected chi connectivity index (χ2v) is 8.12. The van der Waals surface area contributed by atoms with Gasteiger partial charge in [-0.3, -0.25) is 4.72 Å². The number of aldehydes is 1. The number of rotatable bonds is 5. The molecule has 1 unspecified atom stereocenters. The van der Waals surface area contributed by atoms with E-state index >= 15 is 0 Å². The van der Waals surface area contributed by atoms with Gasteiger partial charge >= 0.3 is 0 Å². The predicted octanol–water partition coefficient (Wildman–Crippen LogP) is 4.18. The molecule has 0 spiro atoms. The number of sulfonamides is 1. The third-order valence-electron chi connectivity index (χ3n) is 4.62. The van der Waals surface area contributed by atoms with Crippen molar-refractivity contribution in [2.24, 2.45) is 5.92 Å². The molecule has 2 aromatic carbocycles. The van der Waals surface area contributed by atoms with Gasteiger partial charge in [0, 0.05) is 11.5 Å². The molecule has 0 aliphatic heterocycles. The van der Waals surface area contributed by atoms with Gasteiger partial charge in [-0.25, -0.2) is 8.42 Å². The Kier molecular flexibility index (Phi) is 4.77. The molecule has 0 amide bonds. The molecule has 1 aliphatic carbocycles. The number of aryl methyl sites for hydroxylation is 1. The Hall–Kier alpha value is -2.40. The Balaban J connectivity index is 2.01. The number of carbonyl (C=O) groups is 1. The molecule has 25 heavy (non-hydrogen) atoms. The van der Waals surface area contributed by atoms with Crippen LogP contribution in [0.15, 0.2) is 59.0 Å². The second kappa shape index (κ2) is 6.84. The van der Waals surface area contributed by atoms with Gasteiger partial charge in [0.05, 0.1) is 10.6 Å². The maximum atomic E-state index is 12.7. The highest BCUT2D eigenvalue weighted by Gasteiger charge is 2.26. The van der Waals surface area contributed by atoms with Gasteiger partial charge in [0.25, 0.3) is 10.0 Å². The van der Waals surface area contributed by atoms with E-state index in [4.69, 9.17) is 0 Å². The summed E-state index contributed by atoms with van der Waals surface area (Å²) in [6.45, 7) is 3.91. The van der Waals surface area contributed by atoms with Crippen molar-refractivity contribution in [3.8, 4) is 0 Å². The van der Waals surface area contributed by atoms with Gasteiger partial charge in [-0.1, -0.05) is 41.5 Å². The van der Waals surface area contributed by atoms with Crippen LogP contribution >= 0.6 is 0 Å². The topological polar surface area (TPSA) is 63.2 Å². The van der Waals surface area contributed by atoms with Crippen molar-refractivity contribution in [1.82, 2.24) is 0 Å². The Morgan fingerprint density at radius 1 is 1.04 bits per heavy atom. The first-order chi connectivity index (χ1) is 11.9. The van der Waals surface area contributed by atoms with Crippen LogP contribution in [0.4, 0.5) is 5.69 Å². The van der Waals surface area contributed by atoms with Crippen LogP contribution in [-0.4, -0.2) is 14.7 Å². The first kappa shape index (κ1) is 17.4. The van der Waals surface area contributed by atoms with Crippen LogP contribution in [0.25, 0.3) is 5.57 Å². The molecule has 0 saturated heterocycles. The maximum absolute atomic E-state index is 12.7. The summed E-state index contributed by atoms with van der Waals surface area (Å²) < 4.78 is 28.1. The van der Waals surface area contributed by atoms with Crippen molar-refractivity contribution in [2.75, 3.05) is 4.72 Å². The van der Waals surface area contributed by atoms with Crippen molar-refractivity contribution < 1.29 is 13.2 Å². The summed E-state index contributed by atoms with van der Waals surface area (Å²) in [5.41, 5.74) is 4.37. The monoisotopic (exact) mass is 355 g/mol. The minimum atomic E-state index is -3.68. The highest BCUT2D eigenvalue weighted by Crippen LogP contribution is 2.40. The van der Waals surface area contributed by atoms with Crippen molar-refractivity contribution in [3.05, 3.63) is 65.2 Å². The molecule has 0 heterocycles. The first-order valence-corrected chi connectivity index (χ1v) is 9.74. The molecule has 0 radical (unpaired) electrons. The molecule has 4 nitrogen and oxygen atoms in total. The molecular formula is C20H21NO3S. The molecule has 0 fully saturated rings. The molecule has 1 atom stereocenters. The van der Waals surface area contributed by atoms with Crippen molar-refractivity contribution in [1.29, 1.82) is 0 Å². The lowest BCUT2D eigenvalue weighted by molar-refractivity contribution is -0.109. The highest BCUT2D eigenvalue weighted by molar-refractivity contribution is 7.92. The zero-order valence-electron chi connectivity index (χ0n) is 14.3. The average Bonchev–Trinajstić information content (AvgIpc) is 2.96.